The number of thioether (sulfide) groups is 1. The molecule has 1 unspecified atom stereocenters. The van der Waals surface area contributed by atoms with Crippen LogP contribution in [0.1, 0.15) is 24.4 Å². The average molecular weight is 477 g/mol. The molecule has 0 aliphatic heterocycles. The Morgan fingerprint density at radius 2 is 1.90 bits per heavy atom. The highest BCUT2D eigenvalue weighted by molar-refractivity contribution is 7.99. The third kappa shape index (κ3) is 6.03. The van der Waals surface area contributed by atoms with Crippen LogP contribution in [-0.2, 0) is 11.3 Å². The van der Waals surface area contributed by atoms with Gasteiger partial charge in [0.1, 0.15) is 5.75 Å². The van der Waals surface area contributed by atoms with Crippen LogP contribution in [0.25, 0.3) is 0 Å². The van der Waals surface area contributed by atoms with Crippen LogP contribution in [0.15, 0.2) is 60.3 Å². The van der Waals surface area contributed by atoms with Crippen LogP contribution >= 0.6 is 35.0 Å². The van der Waals surface area contributed by atoms with Crippen molar-refractivity contribution in [1.82, 2.24) is 14.8 Å². The average Bonchev–Trinajstić information content (AvgIpc) is 3.14. The fraction of sp³-hybridized carbons (Fsp3) is 0.227. The highest BCUT2D eigenvalue weighted by Gasteiger charge is 2.20. The number of carbonyl (C=O) groups excluding carboxylic acids is 1. The summed E-state index contributed by atoms with van der Waals surface area (Å²) in [6, 6.07) is 12.9. The number of halogens is 2. The van der Waals surface area contributed by atoms with Crippen molar-refractivity contribution in [3.8, 4) is 5.75 Å². The number of rotatable bonds is 9. The van der Waals surface area contributed by atoms with E-state index in [1.165, 1.54) is 11.8 Å². The molecule has 2 aromatic carbocycles. The summed E-state index contributed by atoms with van der Waals surface area (Å²) in [6.07, 6.45) is 1.42. The zero-order valence-corrected chi connectivity index (χ0v) is 19.5. The maximum Gasteiger partial charge on any atom is 0.234 e. The predicted octanol–water partition coefficient (Wildman–Crippen LogP) is 5.95. The number of nitrogens with one attached hydrogen (secondary N) is 1. The van der Waals surface area contributed by atoms with Crippen LogP contribution in [0.5, 0.6) is 5.75 Å². The smallest absolute Gasteiger partial charge is 0.234 e. The van der Waals surface area contributed by atoms with E-state index in [2.05, 4.69) is 22.1 Å². The largest absolute Gasteiger partial charge is 0.483 e. The molecule has 1 N–H and O–H groups in total. The minimum Gasteiger partial charge on any atom is -0.483 e. The molecule has 3 rings (SSSR count). The van der Waals surface area contributed by atoms with Crippen molar-refractivity contribution in [3.05, 3.63) is 76.6 Å². The lowest BCUT2D eigenvalue weighted by molar-refractivity contribution is -0.113. The Labute approximate surface area is 195 Å². The van der Waals surface area contributed by atoms with Gasteiger partial charge in [-0.2, -0.15) is 0 Å². The van der Waals surface area contributed by atoms with Gasteiger partial charge in [0, 0.05) is 6.54 Å². The van der Waals surface area contributed by atoms with Crippen molar-refractivity contribution < 1.29 is 9.53 Å². The molecule has 0 spiro atoms. The number of amides is 1. The first-order chi connectivity index (χ1) is 14.9. The van der Waals surface area contributed by atoms with Crippen molar-refractivity contribution in [1.29, 1.82) is 0 Å². The Morgan fingerprint density at radius 1 is 1.23 bits per heavy atom. The monoisotopic (exact) mass is 476 g/mol. The van der Waals surface area contributed by atoms with Gasteiger partial charge in [-0.25, -0.2) is 0 Å². The van der Waals surface area contributed by atoms with Gasteiger partial charge in [-0.1, -0.05) is 64.8 Å². The van der Waals surface area contributed by atoms with E-state index in [1.54, 1.807) is 24.3 Å². The fourth-order valence-electron chi connectivity index (χ4n) is 2.80. The molecule has 9 heteroatoms. The summed E-state index contributed by atoms with van der Waals surface area (Å²) in [5.41, 5.74) is 1.55. The molecule has 31 heavy (non-hydrogen) atoms. The molecule has 1 aromatic heterocycles. The van der Waals surface area contributed by atoms with Crippen LogP contribution in [0, 0.1) is 6.92 Å². The molecule has 3 aromatic rings. The van der Waals surface area contributed by atoms with Crippen LogP contribution in [0.3, 0.4) is 0 Å². The normalized spacial score (nSPS) is 11.7. The molecule has 1 atom stereocenters. The quantitative estimate of drug-likeness (QED) is 0.305. The number of para-hydroxylation sites is 1. The van der Waals surface area contributed by atoms with E-state index in [9.17, 15) is 4.79 Å². The van der Waals surface area contributed by atoms with E-state index in [0.717, 1.165) is 11.3 Å². The van der Waals surface area contributed by atoms with Crippen molar-refractivity contribution in [2.75, 3.05) is 11.1 Å². The molecule has 0 saturated heterocycles. The molecule has 0 aliphatic rings. The number of ether oxygens (including phenoxy) is 1. The number of hydrogen-bond acceptors (Lipinski definition) is 5. The van der Waals surface area contributed by atoms with E-state index in [0.29, 0.717) is 33.3 Å². The Kier molecular flexibility index (Phi) is 8.01. The number of benzene rings is 2. The van der Waals surface area contributed by atoms with Crippen molar-refractivity contribution in [2.24, 2.45) is 0 Å². The highest BCUT2D eigenvalue weighted by Crippen LogP contribution is 2.30. The lowest BCUT2D eigenvalue weighted by Crippen LogP contribution is -2.16. The second kappa shape index (κ2) is 10.7. The molecular weight excluding hydrogens is 455 g/mol. The number of carbonyl (C=O) groups is 1. The van der Waals surface area contributed by atoms with E-state index in [-0.39, 0.29) is 17.8 Å². The second-order valence-corrected chi connectivity index (χ2v) is 8.50. The summed E-state index contributed by atoms with van der Waals surface area (Å²) in [6.45, 7) is 8.22. The number of hydrogen-bond donors (Lipinski definition) is 1. The molecule has 6 nitrogen and oxygen atoms in total. The molecule has 0 aliphatic carbocycles. The molecule has 0 saturated carbocycles. The lowest BCUT2D eigenvalue weighted by atomic mass is 10.2. The zero-order valence-electron chi connectivity index (χ0n) is 17.1. The van der Waals surface area contributed by atoms with Gasteiger partial charge in [-0.05, 0) is 38.1 Å². The molecule has 1 amide bonds. The third-order valence-corrected chi connectivity index (χ3v) is 5.91. The maximum absolute atomic E-state index is 12.4. The van der Waals surface area contributed by atoms with Gasteiger partial charge >= 0.3 is 0 Å². The third-order valence-electron chi connectivity index (χ3n) is 4.31. The lowest BCUT2D eigenvalue weighted by Gasteiger charge is -2.16. The van der Waals surface area contributed by atoms with Crippen molar-refractivity contribution in [2.45, 2.75) is 31.7 Å². The molecule has 0 radical (unpaired) electrons. The highest BCUT2D eigenvalue weighted by atomic mass is 35.5. The van der Waals surface area contributed by atoms with Gasteiger partial charge < -0.3 is 10.1 Å². The van der Waals surface area contributed by atoms with Gasteiger partial charge in [0.25, 0.3) is 0 Å². The van der Waals surface area contributed by atoms with Crippen LogP contribution in [0.4, 0.5) is 5.69 Å². The number of nitrogens with zero attached hydrogens (tertiary/aromatic N) is 3. The topological polar surface area (TPSA) is 69.0 Å². The van der Waals surface area contributed by atoms with E-state index < -0.39 is 0 Å². The fourth-order valence-corrected chi connectivity index (χ4v) is 4.05. The van der Waals surface area contributed by atoms with Crippen LogP contribution < -0.4 is 10.1 Å². The summed E-state index contributed by atoms with van der Waals surface area (Å²) in [4.78, 5) is 12.4. The summed E-state index contributed by atoms with van der Waals surface area (Å²) in [5, 5.41) is 12.6. The Morgan fingerprint density at radius 3 is 2.55 bits per heavy atom. The number of allylic oxidation sites excluding steroid dienone is 1. The standard InChI is InChI=1S/C22H22Cl2N4O2S/c1-4-12-28-21(15(3)30-16-10-8-14(2)9-11-16)26-27-22(28)31-13-19(29)25-20-17(23)6-5-7-18(20)24/h4-11,15H,1,12-13H2,2-3H3,(H,25,29). The molecule has 0 bridgehead atoms. The van der Waals surface area contributed by atoms with Crippen molar-refractivity contribution in [3.63, 3.8) is 0 Å². The first-order valence-electron chi connectivity index (χ1n) is 9.53. The van der Waals surface area contributed by atoms with Crippen LogP contribution in [0.2, 0.25) is 10.0 Å². The minimum atomic E-state index is -0.333. The maximum atomic E-state index is 12.4. The molecular formula is C22H22Cl2N4O2S. The van der Waals surface area contributed by atoms with Gasteiger partial charge in [0.2, 0.25) is 5.91 Å². The number of aryl methyl sites for hydroxylation is 1. The van der Waals surface area contributed by atoms with Gasteiger partial charge in [-0.3, -0.25) is 9.36 Å². The Bertz CT molecular complexity index is 1050. The molecule has 162 valence electrons. The zero-order chi connectivity index (χ0) is 22.4. The van der Waals surface area contributed by atoms with E-state index >= 15 is 0 Å². The molecule has 1 heterocycles. The summed E-state index contributed by atoms with van der Waals surface area (Å²) in [5.74, 6) is 1.26. The second-order valence-electron chi connectivity index (χ2n) is 6.75. The first-order valence-corrected chi connectivity index (χ1v) is 11.3. The summed E-state index contributed by atoms with van der Waals surface area (Å²) >= 11 is 13.5. The van der Waals surface area contributed by atoms with E-state index in [1.807, 2.05) is 42.7 Å². The summed E-state index contributed by atoms with van der Waals surface area (Å²) < 4.78 is 7.89. The van der Waals surface area contributed by atoms with Gasteiger partial charge in [0.15, 0.2) is 17.1 Å². The Hall–Kier alpha value is -2.48. The van der Waals surface area contributed by atoms with E-state index in [4.69, 9.17) is 27.9 Å². The molecule has 0 fully saturated rings. The van der Waals surface area contributed by atoms with Gasteiger partial charge in [-0.15, -0.1) is 16.8 Å². The first kappa shape index (κ1) is 23.2. The number of anilines is 1. The number of aromatic nitrogens is 3. The predicted molar refractivity (Wildman–Crippen MR) is 126 cm³/mol. The Balaban J connectivity index is 1.68. The minimum absolute atomic E-state index is 0.115. The van der Waals surface area contributed by atoms with Crippen LogP contribution in [-0.4, -0.2) is 26.4 Å². The SMILES string of the molecule is C=CCn1c(SCC(=O)Nc2c(Cl)cccc2Cl)nnc1C(C)Oc1ccc(C)cc1. The van der Waals surface area contributed by atoms with Crippen molar-refractivity contribution >= 4 is 46.6 Å². The summed E-state index contributed by atoms with van der Waals surface area (Å²) in [7, 11) is 0. The van der Waals surface area contributed by atoms with Gasteiger partial charge in [0.05, 0.1) is 21.5 Å².